The van der Waals surface area contributed by atoms with Gasteiger partial charge in [0.15, 0.2) is 0 Å². The van der Waals surface area contributed by atoms with Gasteiger partial charge in [0.25, 0.3) is 0 Å². The molecule has 1 aromatic carbocycles. The van der Waals surface area contributed by atoms with Crippen molar-refractivity contribution in [3.63, 3.8) is 0 Å². The number of ether oxygens (including phenoxy) is 1. The number of hydrogen-bond donors (Lipinski definition) is 2. The maximum Gasteiger partial charge on any atom is 0.222 e. The maximum atomic E-state index is 11.9. The number of nitrogens with one attached hydrogen (secondary N) is 1. The van der Waals surface area contributed by atoms with E-state index in [0.29, 0.717) is 6.54 Å². The third kappa shape index (κ3) is 3.61. The molecular formula is C15H20N4O2. The summed E-state index contributed by atoms with van der Waals surface area (Å²) in [5.41, 5.74) is 6.37. The molecule has 3 N–H and O–H groups in total. The zero-order valence-corrected chi connectivity index (χ0v) is 12.2. The standard InChI is InChI=1S/C15H20N4O2/c1-19-10-9-17-15(19)14(18-13(20)7-8-16)11-3-5-12(21-2)6-4-11/h3-6,9-10,14H,7-8,16H2,1-2H3,(H,18,20). The van der Waals surface area contributed by atoms with Crippen molar-refractivity contribution in [2.75, 3.05) is 13.7 Å². The third-order valence-electron chi connectivity index (χ3n) is 3.24. The van der Waals surface area contributed by atoms with E-state index in [4.69, 9.17) is 10.5 Å². The zero-order valence-electron chi connectivity index (χ0n) is 12.2. The van der Waals surface area contributed by atoms with Crippen LogP contribution in [0.1, 0.15) is 23.9 Å². The van der Waals surface area contributed by atoms with Crippen LogP contribution >= 0.6 is 0 Å². The first-order chi connectivity index (χ1) is 10.2. The molecule has 0 bridgehead atoms. The van der Waals surface area contributed by atoms with E-state index in [2.05, 4.69) is 10.3 Å². The van der Waals surface area contributed by atoms with Gasteiger partial charge in [-0.25, -0.2) is 4.98 Å². The van der Waals surface area contributed by atoms with Crippen molar-refractivity contribution in [3.8, 4) is 5.75 Å². The Labute approximate surface area is 123 Å². The van der Waals surface area contributed by atoms with Crippen molar-refractivity contribution >= 4 is 5.91 Å². The number of aromatic nitrogens is 2. The normalized spacial score (nSPS) is 12.0. The van der Waals surface area contributed by atoms with E-state index in [0.717, 1.165) is 17.1 Å². The second-order valence-electron chi connectivity index (χ2n) is 4.71. The van der Waals surface area contributed by atoms with Crippen molar-refractivity contribution in [2.24, 2.45) is 12.8 Å². The molecule has 0 saturated carbocycles. The van der Waals surface area contributed by atoms with Crippen LogP contribution in [0.5, 0.6) is 5.75 Å². The van der Waals surface area contributed by atoms with Crippen LogP contribution in [0.25, 0.3) is 0 Å². The van der Waals surface area contributed by atoms with Gasteiger partial charge in [-0.1, -0.05) is 12.1 Å². The largest absolute Gasteiger partial charge is 0.497 e. The molecule has 0 aliphatic rings. The molecule has 0 aliphatic heterocycles. The smallest absolute Gasteiger partial charge is 0.222 e. The monoisotopic (exact) mass is 288 g/mol. The van der Waals surface area contributed by atoms with Gasteiger partial charge in [0.1, 0.15) is 17.6 Å². The number of carbonyl (C=O) groups is 1. The molecule has 1 unspecified atom stereocenters. The molecular weight excluding hydrogens is 268 g/mol. The number of imidazole rings is 1. The Kier molecular flexibility index (Phi) is 4.94. The number of nitrogens with zero attached hydrogens (tertiary/aromatic N) is 2. The second kappa shape index (κ2) is 6.90. The first-order valence-electron chi connectivity index (χ1n) is 6.76. The van der Waals surface area contributed by atoms with E-state index < -0.39 is 0 Å². The Hall–Kier alpha value is -2.34. The minimum atomic E-state index is -0.310. The van der Waals surface area contributed by atoms with Gasteiger partial charge in [-0.3, -0.25) is 4.79 Å². The van der Waals surface area contributed by atoms with E-state index in [9.17, 15) is 4.79 Å². The molecule has 1 amide bonds. The predicted molar refractivity (Wildman–Crippen MR) is 79.9 cm³/mol. The summed E-state index contributed by atoms with van der Waals surface area (Å²) >= 11 is 0. The molecule has 2 rings (SSSR count). The highest BCUT2D eigenvalue weighted by Gasteiger charge is 2.20. The number of amides is 1. The molecule has 6 heteroatoms. The Bertz CT molecular complexity index is 592. The zero-order chi connectivity index (χ0) is 15.2. The van der Waals surface area contributed by atoms with E-state index in [-0.39, 0.29) is 18.4 Å². The lowest BCUT2D eigenvalue weighted by atomic mass is 10.1. The molecule has 0 radical (unpaired) electrons. The summed E-state index contributed by atoms with van der Waals surface area (Å²) in [5, 5.41) is 2.97. The molecule has 21 heavy (non-hydrogen) atoms. The summed E-state index contributed by atoms with van der Waals surface area (Å²) in [4.78, 5) is 16.2. The number of nitrogens with two attached hydrogens (primary N) is 1. The number of hydrogen-bond acceptors (Lipinski definition) is 4. The van der Waals surface area contributed by atoms with Gasteiger partial charge in [0.05, 0.1) is 7.11 Å². The summed E-state index contributed by atoms with van der Waals surface area (Å²) in [6, 6.07) is 7.25. The van der Waals surface area contributed by atoms with Gasteiger partial charge in [-0.15, -0.1) is 0 Å². The van der Waals surface area contributed by atoms with Gasteiger partial charge in [0.2, 0.25) is 5.91 Å². The van der Waals surface area contributed by atoms with Crippen LogP contribution in [0.4, 0.5) is 0 Å². The lowest BCUT2D eigenvalue weighted by Crippen LogP contribution is -2.32. The van der Waals surface area contributed by atoms with Crippen LogP contribution in [0.3, 0.4) is 0 Å². The minimum absolute atomic E-state index is 0.0960. The fourth-order valence-corrected chi connectivity index (χ4v) is 2.11. The molecule has 0 aliphatic carbocycles. The van der Waals surface area contributed by atoms with Gasteiger partial charge < -0.3 is 20.4 Å². The topological polar surface area (TPSA) is 82.2 Å². The van der Waals surface area contributed by atoms with Crippen LogP contribution in [0, 0.1) is 0 Å². The lowest BCUT2D eigenvalue weighted by Gasteiger charge is -2.19. The molecule has 0 spiro atoms. The Morgan fingerprint density at radius 2 is 2.14 bits per heavy atom. The molecule has 0 fully saturated rings. The minimum Gasteiger partial charge on any atom is -0.497 e. The fourth-order valence-electron chi connectivity index (χ4n) is 2.11. The quantitative estimate of drug-likeness (QED) is 0.830. The van der Waals surface area contributed by atoms with Crippen molar-refractivity contribution in [1.29, 1.82) is 0 Å². The number of aryl methyl sites for hydroxylation is 1. The van der Waals surface area contributed by atoms with Crippen LogP contribution in [0.15, 0.2) is 36.7 Å². The maximum absolute atomic E-state index is 11.9. The SMILES string of the molecule is COc1ccc(C(NC(=O)CCN)c2nccn2C)cc1. The predicted octanol–water partition coefficient (Wildman–Crippen LogP) is 0.983. The van der Waals surface area contributed by atoms with Crippen LogP contribution in [0.2, 0.25) is 0 Å². The molecule has 2 aromatic rings. The average molecular weight is 288 g/mol. The molecule has 1 aromatic heterocycles. The molecule has 1 heterocycles. The van der Waals surface area contributed by atoms with Crippen LogP contribution in [-0.2, 0) is 11.8 Å². The number of benzene rings is 1. The summed E-state index contributed by atoms with van der Waals surface area (Å²) < 4.78 is 7.04. The van der Waals surface area contributed by atoms with E-state index in [1.165, 1.54) is 0 Å². The summed E-state index contributed by atoms with van der Waals surface area (Å²) in [6.07, 6.45) is 3.85. The fraction of sp³-hybridized carbons (Fsp3) is 0.333. The van der Waals surface area contributed by atoms with Crippen molar-refractivity contribution in [2.45, 2.75) is 12.5 Å². The van der Waals surface area contributed by atoms with Gasteiger partial charge >= 0.3 is 0 Å². The van der Waals surface area contributed by atoms with Crippen molar-refractivity contribution in [3.05, 3.63) is 48.0 Å². The van der Waals surface area contributed by atoms with Gasteiger partial charge in [-0.2, -0.15) is 0 Å². The van der Waals surface area contributed by atoms with E-state index in [1.807, 2.05) is 42.1 Å². The van der Waals surface area contributed by atoms with Gasteiger partial charge in [0, 0.05) is 32.4 Å². The highest BCUT2D eigenvalue weighted by atomic mass is 16.5. The highest BCUT2D eigenvalue weighted by Crippen LogP contribution is 2.23. The van der Waals surface area contributed by atoms with Crippen LogP contribution < -0.4 is 15.8 Å². The number of rotatable bonds is 6. The number of methoxy groups -OCH3 is 1. The first-order valence-corrected chi connectivity index (χ1v) is 6.76. The first kappa shape index (κ1) is 15.1. The Balaban J connectivity index is 2.30. The van der Waals surface area contributed by atoms with Crippen LogP contribution in [-0.4, -0.2) is 29.1 Å². The third-order valence-corrected chi connectivity index (χ3v) is 3.24. The highest BCUT2D eigenvalue weighted by molar-refractivity contribution is 5.77. The van der Waals surface area contributed by atoms with Crippen molar-refractivity contribution in [1.82, 2.24) is 14.9 Å². The summed E-state index contributed by atoms with van der Waals surface area (Å²) in [7, 11) is 3.52. The van der Waals surface area contributed by atoms with E-state index in [1.54, 1.807) is 13.3 Å². The summed E-state index contributed by atoms with van der Waals surface area (Å²) in [5.74, 6) is 1.44. The molecule has 1 atom stereocenters. The molecule has 6 nitrogen and oxygen atoms in total. The van der Waals surface area contributed by atoms with E-state index >= 15 is 0 Å². The molecule has 112 valence electrons. The Morgan fingerprint density at radius 3 is 2.67 bits per heavy atom. The number of carbonyl (C=O) groups excluding carboxylic acids is 1. The van der Waals surface area contributed by atoms with Gasteiger partial charge in [-0.05, 0) is 17.7 Å². The average Bonchev–Trinajstić information content (AvgIpc) is 2.91. The molecule has 0 saturated heterocycles. The van der Waals surface area contributed by atoms with Crippen molar-refractivity contribution < 1.29 is 9.53 Å². The lowest BCUT2D eigenvalue weighted by molar-refractivity contribution is -0.121. The summed E-state index contributed by atoms with van der Waals surface area (Å²) in [6.45, 7) is 0.321. The Morgan fingerprint density at radius 1 is 1.43 bits per heavy atom. The second-order valence-corrected chi connectivity index (χ2v) is 4.71.